The number of nitrogens with zero attached hydrogens (tertiary/aromatic N) is 3. The Labute approximate surface area is 180 Å². The van der Waals surface area contributed by atoms with Gasteiger partial charge in [-0.15, -0.1) is 0 Å². The van der Waals surface area contributed by atoms with Gasteiger partial charge in [0, 0.05) is 49.5 Å². The molecule has 31 heavy (non-hydrogen) atoms. The first-order chi connectivity index (χ1) is 15.0. The van der Waals surface area contributed by atoms with Crippen molar-refractivity contribution in [3.63, 3.8) is 0 Å². The summed E-state index contributed by atoms with van der Waals surface area (Å²) in [5.41, 5.74) is 3.80. The van der Waals surface area contributed by atoms with Crippen molar-refractivity contribution in [1.29, 1.82) is 0 Å². The number of amides is 1. The van der Waals surface area contributed by atoms with Crippen molar-refractivity contribution in [2.24, 2.45) is 0 Å². The molecule has 0 saturated heterocycles. The predicted molar refractivity (Wildman–Crippen MR) is 121 cm³/mol. The first-order valence-corrected chi connectivity index (χ1v) is 9.85. The molecule has 0 atom stereocenters. The lowest BCUT2D eigenvalue weighted by Gasteiger charge is -2.14. The van der Waals surface area contributed by atoms with Crippen molar-refractivity contribution in [3.8, 4) is 11.5 Å². The van der Waals surface area contributed by atoms with E-state index in [1.807, 2.05) is 72.2 Å². The van der Waals surface area contributed by atoms with E-state index < -0.39 is 0 Å². The maximum Gasteiger partial charge on any atom is 0.255 e. The van der Waals surface area contributed by atoms with Crippen LogP contribution in [0.15, 0.2) is 73.1 Å². The predicted octanol–water partition coefficient (Wildman–Crippen LogP) is 4.24. The molecule has 0 unspecified atom stereocenters. The Balaban J connectivity index is 1.50. The first-order valence-electron chi connectivity index (χ1n) is 9.85. The maximum atomic E-state index is 12.7. The Morgan fingerprint density at radius 1 is 1.06 bits per heavy atom. The average molecular weight is 416 g/mol. The highest BCUT2D eigenvalue weighted by Gasteiger charge is 2.12. The van der Waals surface area contributed by atoms with Crippen molar-refractivity contribution in [1.82, 2.24) is 9.38 Å². The number of aromatic nitrogens is 2. The van der Waals surface area contributed by atoms with Gasteiger partial charge in [0.05, 0.1) is 12.8 Å². The summed E-state index contributed by atoms with van der Waals surface area (Å²) in [7, 11) is 5.46. The van der Waals surface area contributed by atoms with Crippen LogP contribution in [0.25, 0.3) is 5.65 Å². The number of nitrogens with one attached hydrogen (secondary N) is 1. The van der Waals surface area contributed by atoms with Crippen molar-refractivity contribution < 1.29 is 14.3 Å². The van der Waals surface area contributed by atoms with Gasteiger partial charge in [0.1, 0.15) is 12.3 Å². The minimum Gasteiger partial charge on any atom is -0.493 e. The van der Waals surface area contributed by atoms with Gasteiger partial charge in [0.25, 0.3) is 5.91 Å². The number of benzene rings is 2. The number of carbonyl (C=O) groups excluding carboxylic acids is 1. The number of carbonyl (C=O) groups is 1. The number of hydrogen-bond acceptors (Lipinski definition) is 5. The lowest BCUT2D eigenvalue weighted by molar-refractivity contribution is 0.102. The van der Waals surface area contributed by atoms with Crippen LogP contribution in [0, 0.1) is 0 Å². The maximum absolute atomic E-state index is 12.7. The number of rotatable bonds is 7. The number of imidazole rings is 1. The fraction of sp³-hybridized carbons (Fsp3) is 0.167. The quantitative estimate of drug-likeness (QED) is 0.488. The standard InChI is InChI=1S/C24H24N4O3/c1-27(2)20-8-6-7-17(13-20)24(29)26-18-10-11-21(30-3)22(14-18)31-16-19-15-28-12-5-4-9-23(28)25-19/h4-15H,16H2,1-3H3,(H,26,29). The highest BCUT2D eigenvalue weighted by molar-refractivity contribution is 6.05. The molecule has 0 radical (unpaired) electrons. The molecule has 4 aromatic rings. The summed E-state index contributed by atoms with van der Waals surface area (Å²) in [6.07, 6.45) is 3.86. The van der Waals surface area contributed by atoms with Gasteiger partial charge in [-0.2, -0.15) is 0 Å². The van der Waals surface area contributed by atoms with E-state index in [0.29, 0.717) is 22.7 Å². The third kappa shape index (κ3) is 4.61. The average Bonchev–Trinajstić information content (AvgIpc) is 3.21. The molecule has 0 aliphatic rings. The summed E-state index contributed by atoms with van der Waals surface area (Å²) in [5, 5.41) is 2.92. The number of ether oxygens (including phenoxy) is 2. The Bertz CT molecular complexity index is 1180. The van der Waals surface area contributed by atoms with Crippen LogP contribution in [0.2, 0.25) is 0 Å². The monoisotopic (exact) mass is 416 g/mol. The van der Waals surface area contributed by atoms with E-state index >= 15 is 0 Å². The molecule has 0 aliphatic heterocycles. The van der Waals surface area contributed by atoms with Gasteiger partial charge in [0.2, 0.25) is 0 Å². The third-order valence-corrected chi connectivity index (χ3v) is 4.84. The van der Waals surface area contributed by atoms with E-state index in [1.54, 1.807) is 31.4 Å². The first kappa shape index (κ1) is 20.3. The molecule has 0 bridgehead atoms. The van der Waals surface area contributed by atoms with E-state index in [0.717, 1.165) is 17.0 Å². The fourth-order valence-electron chi connectivity index (χ4n) is 3.20. The molecule has 158 valence electrons. The topological polar surface area (TPSA) is 68.1 Å². The van der Waals surface area contributed by atoms with Gasteiger partial charge in [-0.3, -0.25) is 4.79 Å². The van der Waals surface area contributed by atoms with Crippen LogP contribution in [-0.2, 0) is 6.61 Å². The highest BCUT2D eigenvalue weighted by atomic mass is 16.5. The summed E-state index contributed by atoms with van der Waals surface area (Å²) >= 11 is 0. The van der Waals surface area contributed by atoms with E-state index in [4.69, 9.17) is 9.47 Å². The van der Waals surface area contributed by atoms with Gasteiger partial charge < -0.3 is 24.1 Å². The zero-order valence-corrected chi connectivity index (χ0v) is 17.7. The van der Waals surface area contributed by atoms with Crippen LogP contribution in [0.1, 0.15) is 16.1 Å². The zero-order chi connectivity index (χ0) is 21.8. The van der Waals surface area contributed by atoms with E-state index in [2.05, 4.69) is 10.3 Å². The zero-order valence-electron chi connectivity index (χ0n) is 17.7. The summed E-state index contributed by atoms with van der Waals surface area (Å²) in [5.74, 6) is 0.913. The minimum atomic E-state index is -0.194. The van der Waals surface area contributed by atoms with Crippen molar-refractivity contribution in [2.75, 3.05) is 31.4 Å². The lowest BCUT2D eigenvalue weighted by Crippen LogP contribution is -2.14. The summed E-state index contributed by atoms with van der Waals surface area (Å²) in [6.45, 7) is 0.278. The summed E-state index contributed by atoms with van der Waals surface area (Å²) in [6, 6.07) is 18.6. The molecule has 0 spiro atoms. The molecule has 1 N–H and O–H groups in total. The van der Waals surface area contributed by atoms with E-state index in [9.17, 15) is 4.79 Å². The van der Waals surface area contributed by atoms with Crippen LogP contribution in [0.3, 0.4) is 0 Å². The molecule has 7 nitrogen and oxygen atoms in total. The fourth-order valence-corrected chi connectivity index (χ4v) is 3.20. The second-order valence-corrected chi connectivity index (χ2v) is 7.25. The molecule has 0 fully saturated rings. The number of pyridine rings is 1. The molecule has 0 saturated carbocycles. The van der Waals surface area contributed by atoms with Crippen LogP contribution < -0.4 is 19.7 Å². The molecule has 2 heterocycles. The van der Waals surface area contributed by atoms with Gasteiger partial charge in [-0.1, -0.05) is 12.1 Å². The Morgan fingerprint density at radius 3 is 2.71 bits per heavy atom. The van der Waals surface area contributed by atoms with Gasteiger partial charge in [0.15, 0.2) is 11.5 Å². The Hall–Kier alpha value is -4.00. The number of fused-ring (bicyclic) bond motifs is 1. The van der Waals surface area contributed by atoms with E-state index in [-0.39, 0.29) is 12.5 Å². The van der Waals surface area contributed by atoms with Gasteiger partial charge in [-0.25, -0.2) is 4.98 Å². The Morgan fingerprint density at radius 2 is 1.94 bits per heavy atom. The van der Waals surface area contributed by atoms with Crippen molar-refractivity contribution in [2.45, 2.75) is 6.61 Å². The number of methoxy groups -OCH3 is 1. The van der Waals surface area contributed by atoms with Gasteiger partial charge in [-0.05, 0) is 42.5 Å². The molecule has 2 aromatic carbocycles. The summed E-state index contributed by atoms with van der Waals surface area (Å²) in [4.78, 5) is 19.2. The highest BCUT2D eigenvalue weighted by Crippen LogP contribution is 2.31. The molecule has 1 amide bonds. The minimum absolute atomic E-state index is 0.194. The van der Waals surface area contributed by atoms with E-state index in [1.165, 1.54) is 0 Å². The largest absolute Gasteiger partial charge is 0.493 e. The SMILES string of the molecule is COc1ccc(NC(=O)c2cccc(N(C)C)c2)cc1OCc1cn2ccccc2n1. The number of anilines is 2. The molecule has 0 aliphatic carbocycles. The summed E-state index contributed by atoms with van der Waals surface area (Å²) < 4.78 is 13.3. The third-order valence-electron chi connectivity index (χ3n) is 4.84. The normalized spacial score (nSPS) is 10.7. The molecular weight excluding hydrogens is 392 g/mol. The van der Waals surface area contributed by atoms with Gasteiger partial charge >= 0.3 is 0 Å². The number of hydrogen-bond donors (Lipinski definition) is 1. The van der Waals surface area contributed by atoms with Crippen LogP contribution in [-0.4, -0.2) is 36.5 Å². The molecule has 4 rings (SSSR count). The molecule has 2 aromatic heterocycles. The van der Waals surface area contributed by atoms with Crippen LogP contribution >= 0.6 is 0 Å². The smallest absolute Gasteiger partial charge is 0.255 e. The second kappa shape index (κ2) is 8.79. The Kier molecular flexibility index (Phi) is 5.75. The van der Waals surface area contributed by atoms with Crippen LogP contribution in [0.5, 0.6) is 11.5 Å². The second-order valence-electron chi connectivity index (χ2n) is 7.25. The van der Waals surface area contributed by atoms with Crippen molar-refractivity contribution >= 4 is 22.9 Å². The molecule has 7 heteroatoms. The van der Waals surface area contributed by atoms with Crippen LogP contribution in [0.4, 0.5) is 11.4 Å². The lowest BCUT2D eigenvalue weighted by atomic mass is 10.1. The molecular formula is C24H24N4O3. The van der Waals surface area contributed by atoms with Crippen molar-refractivity contribution in [3.05, 3.63) is 84.3 Å².